The summed E-state index contributed by atoms with van der Waals surface area (Å²) in [6, 6.07) is 17.7. The summed E-state index contributed by atoms with van der Waals surface area (Å²) in [6.07, 6.45) is 7.10. The first-order valence-electron chi connectivity index (χ1n) is 10.9. The summed E-state index contributed by atoms with van der Waals surface area (Å²) >= 11 is 0. The third-order valence-electron chi connectivity index (χ3n) is 6.23. The number of benzene rings is 1. The quantitative estimate of drug-likeness (QED) is 0.622. The number of rotatable bonds is 5. The molecule has 6 nitrogen and oxygen atoms in total. The Morgan fingerprint density at radius 2 is 1.69 bits per heavy atom. The predicted octanol–water partition coefficient (Wildman–Crippen LogP) is 3.70. The van der Waals surface area contributed by atoms with E-state index in [0.29, 0.717) is 38.0 Å². The second-order valence-corrected chi connectivity index (χ2v) is 8.60. The summed E-state index contributed by atoms with van der Waals surface area (Å²) in [7, 11) is 3.62. The number of hydrogen-bond donors (Lipinski definition) is 0. The van der Waals surface area contributed by atoms with Gasteiger partial charge in [-0.25, -0.2) is 0 Å². The third-order valence-corrected chi connectivity index (χ3v) is 6.23. The van der Waals surface area contributed by atoms with Crippen LogP contribution in [-0.2, 0) is 11.2 Å². The van der Waals surface area contributed by atoms with Crippen LogP contribution in [0.1, 0.15) is 28.9 Å². The van der Waals surface area contributed by atoms with Crippen molar-refractivity contribution in [2.75, 3.05) is 27.2 Å². The molecule has 4 rings (SSSR count). The lowest BCUT2D eigenvalue weighted by Crippen LogP contribution is -2.51. The second kappa shape index (κ2) is 9.30. The van der Waals surface area contributed by atoms with E-state index in [4.69, 9.17) is 0 Å². The van der Waals surface area contributed by atoms with Gasteiger partial charge in [-0.3, -0.25) is 19.6 Å². The Bertz CT molecular complexity index is 1080. The Hall–Kier alpha value is -3.54. The van der Waals surface area contributed by atoms with Crippen LogP contribution in [0.25, 0.3) is 11.1 Å². The van der Waals surface area contributed by atoms with Gasteiger partial charge in [0.1, 0.15) is 5.69 Å². The maximum atomic E-state index is 13.3. The van der Waals surface area contributed by atoms with Crippen molar-refractivity contribution < 1.29 is 9.59 Å². The van der Waals surface area contributed by atoms with Crippen molar-refractivity contribution in [3.63, 3.8) is 0 Å². The Balaban J connectivity index is 1.55. The van der Waals surface area contributed by atoms with Crippen LogP contribution in [0.5, 0.6) is 0 Å². The molecule has 1 saturated heterocycles. The van der Waals surface area contributed by atoms with E-state index < -0.39 is 5.41 Å². The maximum Gasteiger partial charge on any atom is 0.272 e. The van der Waals surface area contributed by atoms with Crippen LogP contribution >= 0.6 is 0 Å². The van der Waals surface area contributed by atoms with Crippen LogP contribution in [0, 0.1) is 5.41 Å². The lowest BCUT2D eigenvalue weighted by molar-refractivity contribution is -0.142. The summed E-state index contributed by atoms with van der Waals surface area (Å²) in [4.78, 5) is 38.0. The highest BCUT2D eigenvalue weighted by molar-refractivity contribution is 5.92. The number of carbonyl (C=O) groups excluding carboxylic acids is 2. The van der Waals surface area contributed by atoms with Crippen molar-refractivity contribution in [3.8, 4) is 11.1 Å². The first kappa shape index (κ1) is 21.7. The highest BCUT2D eigenvalue weighted by atomic mass is 16.2. The molecule has 0 aliphatic carbocycles. The fraction of sp³-hybridized carbons (Fsp3) is 0.308. The molecule has 0 unspecified atom stereocenters. The minimum absolute atomic E-state index is 0.0730. The molecule has 1 aliphatic heterocycles. The van der Waals surface area contributed by atoms with E-state index in [2.05, 4.69) is 28.2 Å². The molecule has 0 bridgehead atoms. The summed E-state index contributed by atoms with van der Waals surface area (Å²) < 4.78 is 0. The Morgan fingerprint density at radius 3 is 2.34 bits per heavy atom. The van der Waals surface area contributed by atoms with Crippen LogP contribution in [0.15, 0.2) is 73.2 Å². The van der Waals surface area contributed by atoms with E-state index in [1.807, 2.05) is 43.3 Å². The molecule has 0 spiro atoms. The predicted molar refractivity (Wildman–Crippen MR) is 124 cm³/mol. The fourth-order valence-corrected chi connectivity index (χ4v) is 4.53. The Morgan fingerprint density at radius 1 is 0.938 bits per heavy atom. The second-order valence-electron chi connectivity index (χ2n) is 8.60. The highest BCUT2D eigenvalue weighted by Gasteiger charge is 2.43. The van der Waals surface area contributed by atoms with Gasteiger partial charge in [0.15, 0.2) is 0 Å². The molecule has 0 atom stereocenters. The number of pyridine rings is 2. The van der Waals surface area contributed by atoms with Gasteiger partial charge in [0.2, 0.25) is 5.91 Å². The molecule has 1 aliphatic rings. The van der Waals surface area contributed by atoms with Gasteiger partial charge in [-0.05, 0) is 60.2 Å². The zero-order valence-corrected chi connectivity index (χ0v) is 18.6. The molecule has 0 radical (unpaired) electrons. The zero-order chi connectivity index (χ0) is 22.6. The van der Waals surface area contributed by atoms with Crippen molar-refractivity contribution in [2.45, 2.75) is 19.3 Å². The summed E-state index contributed by atoms with van der Waals surface area (Å²) in [6.45, 7) is 1.08. The van der Waals surface area contributed by atoms with Crippen molar-refractivity contribution in [3.05, 3.63) is 84.4 Å². The van der Waals surface area contributed by atoms with Gasteiger partial charge in [0, 0.05) is 45.8 Å². The van der Waals surface area contributed by atoms with Crippen molar-refractivity contribution >= 4 is 11.8 Å². The maximum absolute atomic E-state index is 13.3. The van der Waals surface area contributed by atoms with Crippen molar-refractivity contribution in [2.24, 2.45) is 5.41 Å². The van der Waals surface area contributed by atoms with Crippen LogP contribution in [0.3, 0.4) is 0 Å². The van der Waals surface area contributed by atoms with Crippen LogP contribution in [0.4, 0.5) is 0 Å². The van der Waals surface area contributed by atoms with E-state index in [-0.39, 0.29) is 11.8 Å². The summed E-state index contributed by atoms with van der Waals surface area (Å²) in [5.41, 5.74) is 3.26. The van der Waals surface area contributed by atoms with Crippen molar-refractivity contribution in [1.82, 2.24) is 19.8 Å². The lowest BCUT2D eigenvalue weighted by atomic mass is 9.72. The molecule has 3 heterocycles. The molecule has 32 heavy (non-hydrogen) atoms. The number of nitrogens with zero attached hydrogens (tertiary/aromatic N) is 4. The number of hydrogen-bond acceptors (Lipinski definition) is 4. The number of aromatic nitrogens is 2. The molecule has 0 saturated carbocycles. The SMILES string of the molecule is CN(C)C(=O)C1(Cc2cccc(-c3ccncc3)c2)CCN(C(=O)c2ccccn2)CC1. The van der Waals surface area contributed by atoms with E-state index in [9.17, 15) is 9.59 Å². The molecule has 6 heteroatoms. The normalized spacial score (nSPS) is 15.2. The molecule has 1 aromatic carbocycles. The minimum atomic E-state index is -0.527. The summed E-state index contributed by atoms with van der Waals surface area (Å²) in [5, 5.41) is 0. The first-order valence-corrected chi connectivity index (χ1v) is 10.9. The largest absolute Gasteiger partial charge is 0.348 e. The van der Waals surface area contributed by atoms with Gasteiger partial charge in [-0.15, -0.1) is 0 Å². The van der Waals surface area contributed by atoms with Gasteiger partial charge >= 0.3 is 0 Å². The topological polar surface area (TPSA) is 66.4 Å². The zero-order valence-electron chi connectivity index (χ0n) is 18.6. The fourth-order valence-electron chi connectivity index (χ4n) is 4.53. The average molecular weight is 429 g/mol. The molecule has 1 fully saturated rings. The van der Waals surface area contributed by atoms with Gasteiger partial charge < -0.3 is 9.80 Å². The molecule has 0 N–H and O–H groups in total. The Labute approximate surface area is 188 Å². The highest BCUT2D eigenvalue weighted by Crippen LogP contribution is 2.38. The van der Waals surface area contributed by atoms with Crippen LogP contribution < -0.4 is 0 Å². The van der Waals surface area contributed by atoms with E-state index in [0.717, 1.165) is 16.7 Å². The summed E-state index contributed by atoms with van der Waals surface area (Å²) in [5.74, 6) is 0.0490. The van der Waals surface area contributed by atoms with Crippen LogP contribution in [-0.4, -0.2) is 58.8 Å². The van der Waals surface area contributed by atoms with Gasteiger partial charge in [-0.1, -0.05) is 30.3 Å². The van der Waals surface area contributed by atoms with E-state index in [1.165, 1.54) is 0 Å². The number of amides is 2. The van der Waals surface area contributed by atoms with E-state index >= 15 is 0 Å². The smallest absolute Gasteiger partial charge is 0.272 e. The third kappa shape index (κ3) is 4.54. The molecule has 164 valence electrons. The minimum Gasteiger partial charge on any atom is -0.348 e. The lowest BCUT2D eigenvalue weighted by Gasteiger charge is -2.42. The molecule has 2 aromatic heterocycles. The van der Waals surface area contributed by atoms with E-state index in [1.54, 1.807) is 35.6 Å². The molecule has 2 amide bonds. The number of carbonyl (C=O) groups is 2. The van der Waals surface area contributed by atoms with Gasteiger partial charge in [-0.2, -0.15) is 0 Å². The Kier molecular flexibility index (Phi) is 6.30. The first-order chi connectivity index (χ1) is 15.5. The molecule has 3 aromatic rings. The van der Waals surface area contributed by atoms with Gasteiger partial charge in [0.25, 0.3) is 5.91 Å². The number of likely N-dealkylation sites (tertiary alicyclic amines) is 1. The van der Waals surface area contributed by atoms with Crippen molar-refractivity contribution in [1.29, 1.82) is 0 Å². The molecular formula is C26H28N4O2. The monoisotopic (exact) mass is 428 g/mol. The van der Waals surface area contributed by atoms with Crippen LogP contribution in [0.2, 0.25) is 0 Å². The van der Waals surface area contributed by atoms with Gasteiger partial charge in [0.05, 0.1) is 5.41 Å². The number of piperidine rings is 1. The average Bonchev–Trinajstić information content (AvgIpc) is 2.85. The standard InChI is InChI=1S/C26H28N4O2/c1-29(2)25(32)26(11-16-30(17-12-26)24(31)23-8-3-4-13-28-23)19-20-6-5-7-22(18-20)21-9-14-27-15-10-21/h3-10,13-15,18H,11-12,16-17,19H2,1-2H3. The molecular weight excluding hydrogens is 400 g/mol.